The van der Waals surface area contributed by atoms with Gasteiger partial charge < -0.3 is 5.43 Å². The zero-order valence-corrected chi connectivity index (χ0v) is 9.26. The van der Waals surface area contributed by atoms with Crippen molar-refractivity contribution in [2.45, 2.75) is 51.9 Å². The highest BCUT2D eigenvalue weighted by Crippen LogP contribution is 2.28. The van der Waals surface area contributed by atoms with Crippen molar-refractivity contribution in [3.8, 4) is 0 Å². The van der Waals surface area contributed by atoms with Gasteiger partial charge in [0.25, 0.3) is 0 Å². The van der Waals surface area contributed by atoms with Gasteiger partial charge in [0.05, 0.1) is 0 Å². The lowest BCUT2D eigenvalue weighted by atomic mass is 10.0. The maximum atomic E-state index is 5.42. The predicted molar refractivity (Wildman–Crippen MR) is 61.1 cm³/mol. The maximum absolute atomic E-state index is 5.42. The Morgan fingerprint density at radius 3 is 2.71 bits per heavy atom. The number of nitrogens with one attached hydrogen (secondary N) is 1. The summed E-state index contributed by atoms with van der Waals surface area (Å²) in [6, 6.07) is 0. The molecule has 1 aliphatic carbocycles. The number of aliphatic imine (C=N–C) groups is 1. The highest BCUT2D eigenvalue weighted by molar-refractivity contribution is 5.81. The van der Waals surface area contributed by atoms with Crippen molar-refractivity contribution in [1.82, 2.24) is 5.43 Å². The second-order valence-corrected chi connectivity index (χ2v) is 4.16. The first kappa shape index (κ1) is 11.5. The highest BCUT2D eigenvalue weighted by Gasteiger charge is 2.14. The molecule has 0 bridgehead atoms. The van der Waals surface area contributed by atoms with E-state index in [0.29, 0.717) is 0 Å². The van der Waals surface area contributed by atoms with E-state index < -0.39 is 0 Å². The molecule has 0 aromatic rings. The minimum atomic E-state index is 0.893. The number of amidine groups is 1. The fraction of sp³-hybridized carbons (Fsp3) is 0.909. The third-order valence-electron chi connectivity index (χ3n) is 2.96. The Kier molecular flexibility index (Phi) is 5.60. The molecule has 0 aromatic carbocycles. The molecule has 0 spiro atoms. The van der Waals surface area contributed by atoms with Gasteiger partial charge >= 0.3 is 0 Å². The fourth-order valence-corrected chi connectivity index (χ4v) is 2.08. The molecule has 82 valence electrons. The second-order valence-electron chi connectivity index (χ2n) is 4.16. The predicted octanol–water partition coefficient (Wildman–Crippen LogP) is 2.23. The van der Waals surface area contributed by atoms with Crippen LogP contribution in [-0.4, -0.2) is 12.4 Å². The van der Waals surface area contributed by atoms with E-state index in [4.69, 9.17) is 5.84 Å². The summed E-state index contributed by atoms with van der Waals surface area (Å²) in [6.45, 7) is 3.03. The van der Waals surface area contributed by atoms with E-state index in [1.54, 1.807) is 0 Å². The van der Waals surface area contributed by atoms with Gasteiger partial charge in [-0.1, -0.05) is 32.6 Å². The Morgan fingerprint density at radius 1 is 1.43 bits per heavy atom. The SMILES string of the molecule is CCCN=C(CCC1CCCC1)NN. The molecule has 0 aromatic heterocycles. The number of rotatable bonds is 5. The number of nitrogens with two attached hydrogens (primary N) is 1. The van der Waals surface area contributed by atoms with Crippen molar-refractivity contribution < 1.29 is 0 Å². The third-order valence-corrected chi connectivity index (χ3v) is 2.96. The van der Waals surface area contributed by atoms with Crippen LogP contribution in [0.3, 0.4) is 0 Å². The van der Waals surface area contributed by atoms with Crippen LogP contribution in [0.2, 0.25) is 0 Å². The van der Waals surface area contributed by atoms with Gasteiger partial charge in [-0.25, -0.2) is 5.84 Å². The molecule has 14 heavy (non-hydrogen) atoms. The Hall–Kier alpha value is -0.570. The van der Waals surface area contributed by atoms with E-state index in [1.807, 2.05) is 0 Å². The first-order chi connectivity index (χ1) is 6.86. The summed E-state index contributed by atoms with van der Waals surface area (Å²) in [7, 11) is 0. The quantitative estimate of drug-likeness (QED) is 0.307. The molecular weight excluding hydrogens is 174 g/mol. The lowest BCUT2D eigenvalue weighted by molar-refractivity contribution is 0.512. The Morgan fingerprint density at radius 2 is 2.14 bits per heavy atom. The van der Waals surface area contributed by atoms with E-state index in [2.05, 4.69) is 17.3 Å². The molecule has 0 unspecified atom stereocenters. The Labute approximate surface area is 87.1 Å². The molecule has 0 aliphatic heterocycles. The molecule has 0 radical (unpaired) electrons. The van der Waals surface area contributed by atoms with Gasteiger partial charge in [0.2, 0.25) is 0 Å². The average molecular weight is 197 g/mol. The fourth-order valence-electron chi connectivity index (χ4n) is 2.08. The van der Waals surface area contributed by atoms with Crippen molar-refractivity contribution in [3.05, 3.63) is 0 Å². The van der Waals surface area contributed by atoms with E-state index in [9.17, 15) is 0 Å². The molecule has 1 saturated carbocycles. The summed E-state index contributed by atoms with van der Waals surface area (Å²) in [4.78, 5) is 4.40. The first-order valence-electron chi connectivity index (χ1n) is 5.86. The van der Waals surface area contributed by atoms with Crippen molar-refractivity contribution in [1.29, 1.82) is 0 Å². The van der Waals surface area contributed by atoms with Crippen molar-refractivity contribution in [2.24, 2.45) is 16.8 Å². The second kappa shape index (κ2) is 6.82. The summed E-state index contributed by atoms with van der Waals surface area (Å²) in [5, 5.41) is 0. The Bertz CT molecular complexity index is 171. The summed E-state index contributed by atoms with van der Waals surface area (Å²) in [5.74, 6) is 7.33. The van der Waals surface area contributed by atoms with Gasteiger partial charge in [-0.3, -0.25) is 4.99 Å². The molecule has 3 N–H and O–H groups in total. The maximum Gasteiger partial charge on any atom is 0.110 e. The molecular formula is C11H23N3. The molecule has 3 nitrogen and oxygen atoms in total. The van der Waals surface area contributed by atoms with Gasteiger partial charge in [0, 0.05) is 13.0 Å². The summed E-state index contributed by atoms with van der Waals surface area (Å²) in [6.07, 6.45) is 9.03. The van der Waals surface area contributed by atoms with E-state index in [0.717, 1.165) is 31.1 Å². The van der Waals surface area contributed by atoms with Crippen LogP contribution < -0.4 is 11.3 Å². The van der Waals surface area contributed by atoms with Gasteiger partial charge in [-0.2, -0.15) is 0 Å². The lowest BCUT2D eigenvalue weighted by Crippen LogP contribution is -2.30. The van der Waals surface area contributed by atoms with Crippen LogP contribution in [-0.2, 0) is 0 Å². The van der Waals surface area contributed by atoms with Gasteiger partial charge in [-0.15, -0.1) is 0 Å². The molecule has 0 amide bonds. The average Bonchev–Trinajstić information content (AvgIpc) is 2.71. The molecule has 3 heteroatoms. The molecule has 0 heterocycles. The largest absolute Gasteiger partial charge is 0.312 e. The van der Waals surface area contributed by atoms with Crippen LogP contribution in [0.4, 0.5) is 0 Å². The lowest BCUT2D eigenvalue weighted by Gasteiger charge is -2.10. The van der Waals surface area contributed by atoms with Crippen LogP contribution in [0.1, 0.15) is 51.9 Å². The van der Waals surface area contributed by atoms with Crippen molar-refractivity contribution >= 4 is 5.84 Å². The van der Waals surface area contributed by atoms with Crippen molar-refractivity contribution in [2.75, 3.05) is 6.54 Å². The summed E-state index contributed by atoms with van der Waals surface area (Å²) < 4.78 is 0. The van der Waals surface area contributed by atoms with Crippen LogP contribution in [0.25, 0.3) is 0 Å². The topological polar surface area (TPSA) is 50.4 Å². The van der Waals surface area contributed by atoms with E-state index in [1.165, 1.54) is 32.1 Å². The van der Waals surface area contributed by atoms with Crippen LogP contribution in [0.5, 0.6) is 0 Å². The number of nitrogens with zero attached hydrogens (tertiary/aromatic N) is 1. The molecule has 0 saturated heterocycles. The van der Waals surface area contributed by atoms with E-state index in [-0.39, 0.29) is 0 Å². The minimum Gasteiger partial charge on any atom is -0.312 e. The molecule has 1 aliphatic rings. The Balaban J connectivity index is 2.19. The summed E-state index contributed by atoms with van der Waals surface area (Å²) in [5.41, 5.74) is 2.71. The van der Waals surface area contributed by atoms with E-state index >= 15 is 0 Å². The highest BCUT2D eigenvalue weighted by atomic mass is 15.2. The third kappa shape index (κ3) is 4.09. The zero-order valence-electron chi connectivity index (χ0n) is 9.26. The number of hydrogen-bond donors (Lipinski definition) is 2. The number of hydrogen-bond acceptors (Lipinski definition) is 2. The zero-order chi connectivity index (χ0) is 10.2. The van der Waals surface area contributed by atoms with Crippen molar-refractivity contribution in [3.63, 3.8) is 0 Å². The molecule has 1 fully saturated rings. The van der Waals surface area contributed by atoms with Gasteiger partial charge in [0.1, 0.15) is 5.84 Å². The van der Waals surface area contributed by atoms with Gasteiger partial charge in [0.15, 0.2) is 0 Å². The van der Waals surface area contributed by atoms with Crippen LogP contribution in [0.15, 0.2) is 4.99 Å². The molecule has 0 atom stereocenters. The normalized spacial score (nSPS) is 18.9. The first-order valence-corrected chi connectivity index (χ1v) is 5.86. The van der Waals surface area contributed by atoms with Crippen LogP contribution >= 0.6 is 0 Å². The summed E-state index contributed by atoms with van der Waals surface area (Å²) >= 11 is 0. The standard InChI is InChI=1S/C11H23N3/c1-2-9-13-11(14-12)8-7-10-5-3-4-6-10/h10H,2-9,12H2,1H3,(H,13,14). The monoisotopic (exact) mass is 197 g/mol. The van der Waals surface area contributed by atoms with Gasteiger partial charge in [-0.05, 0) is 18.8 Å². The smallest absolute Gasteiger partial charge is 0.110 e. The number of hydrazine groups is 1. The van der Waals surface area contributed by atoms with Crippen LogP contribution in [0, 0.1) is 5.92 Å². The molecule has 1 rings (SSSR count). The minimum absolute atomic E-state index is 0.893.